The lowest BCUT2D eigenvalue weighted by Crippen LogP contribution is -2.55. The standard InChI is InChI=1S/C23H30N2O6/c1-15(2)18-10-9-16(3)11-19(18)31-20(26)12-23(14-24,21(27)28)25-22(29)30-13-17-7-5-4-6-8-17/h4-8,15-16,18-19H,9-13H2,1-3H3,(H,25,29)(H,27,28). The van der Waals surface area contributed by atoms with E-state index in [-0.39, 0.29) is 18.6 Å². The van der Waals surface area contributed by atoms with Crippen molar-refractivity contribution in [2.75, 3.05) is 0 Å². The summed E-state index contributed by atoms with van der Waals surface area (Å²) in [4.78, 5) is 36.6. The molecule has 1 aliphatic rings. The molecule has 168 valence electrons. The number of nitriles is 1. The van der Waals surface area contributed by atoms with Gasteiger partial charge in [-0.3, -0.25) is 10.1 Å². The average Bonchev–Trinajstić information content (AvgIpc) is 2.72. The minimum Gasteiger partial charge on any atom is -0.479 e. The molecule has 1 aromatic carbocycles. The molecule has 8 heteroatoms. The number of carboxylic acids is 1. The number of carbonyl (C=O) groups is 3. The van der Waals surface area contributed by atoms with Crippen molar-refractivity contribution in [2.24, 2.45) is 17.8 Å². The minimum absolute atomic E-state index is 0.103. The van der Waals surface area contributed by atoms with Crippen LogP contribution in [0.2, 0.25) is 0 Å². The number of hydrogen-bond acceptors (Lipinski definition) is 6. The highest BCUT2D eigenvalue weighted by Crippen LogP contribution is 2.35. The van der Waals surface area contributed by atoms with Crippen molar-refractivity contribution in [2.45, 2.75) is 64.7 Å². The number of alkyl carbamates (subject to hydrolysis) is 1. The first-order valence-electron chi connectivity index (χ1n) is 10.5. The second kappa shape index (κ2) is 10.8. The van der Waals surface area contributed by atoms with E-state index in [2.05, 4.69) is 20.8 Å². The Morgan fingerprint density at radius 1 is 1.26 bits per heavy atom. The number of aliphatic carboxylic acids is 1. The Labute approximate surface area is 182 Å². The summed E-state index contributed by atoms with van der Waals surface area (Å²) >= 11 is 0. The highest BCUT2D eigenvalue weighted by Gasteiger charge is 2.45. The fourth-order valence-electron chi connectivity index (χ4n) is 3.90. The summed E-state index contributed by atoms with van der Waals surface area (Å²) in [6, 6.07) is 10.3. The third-order valence-corrected chi connectivity index (χ3v) is 5.74. The average molecular weight is 431 g/mol. The Kier molecular flexibility index (Phi) is 8.43. The van der Waals surface area contributed by atoms with E-state index in [1.54, 1.807) is 36.4 Å². The van der Waals surface area contributed by atoms with Crippen LogP contribution in [0, 0.1) is 29.1 Å². The Bertz CT molecular complexity index is 819. The molecule has 0 heterocycles. The van der Waals surface area contributed by atoms with E-state index >= 15 is 0 Å². The lowest BCUT2D eigenvalue weighted by Gasteiger charge is -2.37. The predicted octanol–water partition coefficient (Wildman–Crippen LogP) is 3.65. The molecule has 2 N–H and O–H groups in total. The first-order chi connectivity index (χ1) is 14.7. The maximum atomic E-state index is 12.6. The fourth-order valence-corrected chi connectivity index (χ4v) is 3.90. The maximum Gasteiger partial charge on any atom is 0.409 e. The van der Waals surface area contributed by atoms with Crippen molar-refractivity contribution in [1.82, 2.24) is 5.32 Å². The quantitative estimate of drug-likeness (QED) is 0.603. The molecular formula is C23H30N2O6. The Morgan fingerprint density at radius 2 is 1.94 bits per heavy atom. The van der Waals surface area contributed by atoms with Gasteiger partial charge in [0.2, 0.25) is 5.54 Å². The Hall–Kier alpha value is -3.08. The minimum atomic E-state index is -2.47. The van der Waals surface area contributed by atoms with Crippen LogP contribution >= 0.6 is 0 Å². The van der Waals surface area contributed by atoms with Gasteiger partial charge in [-0.2, -0.15) is 5.26 Å². The number of nitrogens with one attached hydrogen (secondary N) is 1. The van der Waals surface area contributed by atoms with Gasteiger partial charge in [-0.1, -0.05) is 57.5 Å². The molecule has 31 heavy (non-hydrogen) atoms. The number of benzene rings is 1. The van der Waals surface area contributed by atoms with Gasteiger partial charge in [0, 0.05) is 0 Å². The number of carboxylic acid groups (broad SMARTS) is 1. The summed E-state index contributed by atoms with van der Waals surface area (Å²) < 4.78 is 10.6. The summed E-state index contributed by atoms with van der Waals surface area (Å²) in [7, 11) is 0. The molecule has 0 saturated heterocycles. The van der Waals surface area contributed by atoms with Crippen LogP contribution in [0.1, 0.15) is 52.0 Å². The molecule has 4 atom stereocenters. The van der Waals surface area contributed by atoms with E-state index in [1.165, 1.54) is 0 Å². The SMILES string of the molecule is CC1CCC(C(C)C)C(OC(=O)CC(C#N)(NC(=O)OCc2ccccc2)C(=O)O)C1. The third-order valence-electron chi connectivity index (χ3n) is 5.74. The molecule has 1 saturated carbocycles. The summed E-state index contributed by atoms with van der Waals surface area (Å²) in [5.74, 6) is -1.63. The number of hydrogen-bond donors (Lipinski definition) is 2. The van der Waals surface area contributed by atoms with Crippen LogP contribution in [0.25, 0.3) is 0 Å². The third kappa shape index (κ3) is 6.71. The van der Waals surface area contributed by atoms with E-state index in [4.69, 9.17) is 9.47 Å². The molecule has 0 spiro atoms. The lowest BCUT2D eigenvalue weighted by molar-refractivity contribution is -0.160. The van der Waals surface area contributed by atoms with Crippen molar-refractivity contribution in [1.29, 1.82) is 5.26 Å². The second-order valence-electron chi connectivity index (χ2n) is 8.54. The zero-order chi connectivity index (χ0) is 23.0. The van der Waals surface area contributed by atoms with Gasteiger partial charge in [0.1, 0.15) is 18.8 Å². The highest BCUT2D eigenvalue weighted by atomic mass is 16.6. The van der Waals surface area contributed by atoms with Crippen LogP contribution in [0.5, 0.6) is 0 Å². The highest BCUT2D eigenvalue weighted by molar-refractivity contribution is 5.92. The van der Waals surface area contributed by atoms with Crippen LogP contribution < -0.4 is 5.32 Å². The zero-order valence-corrected chi connectivity index (χ0v) is 18.2. The fraction of sp³-hybridized carbons (Fsp3) is 0.565. The number of carbonyl (C=O) groups excluding carboxylic acids is 2. The molecular weight excluding hydrogens is 400 g/mol. The van der Waals surface area contributed by atoms with Crippen LogP contribution in [0.4, 0.5) is 4.79 Å². The molecule has 8 nitrogen and oxygen atoms in total. The molecule has 1 amide bonds. The van der Waals surface area contributed by atoms with Gasteiger partial charge >= 0.3 is 18.0 Å². The van der Waals surface area contributed by atoms with Gasteiger partial charge < -0.3 is 14.6 Å². The molecule has 1 fully saturated rings. The van der Waals surface area contributed by atoms with Crippen molar-refractivity contribution in [3.05, 3.63) is 35.9 Å². The van der Waals surface area contributed by atoms with E-state index in [0.29, 0.717) is 23.8 Å². The smallest absolute Gasteiger partial charge is 0.409 e. The van der Waals surface area contributed by atoms with Crippen LogP contribution in [0.15, 0.2) is 30.3 Å². The van der Waals surface area contributed by atoms with E-state index < -0.39 is 30.0 Å². The number of amides is 1. The Balaban J connectivity index is 2.03. The Morgan fingerprint density at radius 3 is 2.52 bits per heavy atom. The summed E-state index contributed by atoms with van der Waals surface area (Å²) in [5, 5.41) is 21.1. The largest absolute Gasteiger partial charge is 0.479 e. The van der Waals surface area contributed by atoms with Crippen molar-refractivity contribution < 1.29 is 29.0 Å². The molecule has 4 unspecified atom stereocenters. The van der Waals surface area contributed by atoms with Gasteiger partial charge in [0.15, 0.2) is 0 Å². The second-order valence-corrected chi connectivity index (χ2v) is 8.54. The number of esters is 1. The zero-order valence-electron chi connectivity index (χ0n) is 18.2. The first kappa shape index (κ1) is 24.2. The molecule has 0 aliphatic heterocycles. The van der Waals surface area contributed by atoms with Crippen molar-refractivity contribution in [3.8, 4) is 6.07 Å². The summed E-state index contributed by atoms with van der Waals surface area (Å²) in [5.41, 5.74) is -1.78. The van der Waals surface area contributed by atoms with E-state index in [9.17, 15) is 24.8 Å². The van der Waals surface area contributed by atoms with Crippen molar-refractivity contribution in [3.63, 3.8) is 0 Å². The molecule has 0 bridgehead atoms. The molecule has 1 aromatic rings. The van der Waals surface area contributed by atoms with Gasteiger partial charge in [-0.05, 0) is 36.2 Å². The lowest BCUT2D eigenvalue weighted by atomic mass is 9.75. The van der Waals surface area contributed by atoms with Gasteiger partial charge in [0.05, 0.1) is 6.42 Å². The van der Waals surface area contributed by atoms with Crippen LogP contribution in [-0.2, 0) is 25.7 Å². The predicted molar refractivity (Wildman–Crippen MR) is 112 cm³/mol. The summed E-state index contributed by atoms with van der Waals surface area (Å²) in [6.07, 6.45) is 0.396. The van der Waals surface area contributed by atoms with Crippen molar-refractivity contribution >= 4 is 18.0 Å². The van der Waals surface area contributed by atoms with Crippen LogP contribution in [-0.4, -0.2) is 34.8 Å². The monoisotopic (exact) mass is 430 g/mol. The normalized spacial score (nSPS) is 22.6. The summed E-state index contributed by atoms with van der Waals surface area (Å²) in [6.45, 7) is 6.10. The molecule has 1 aliphatic carbocycles. The first-order valence-corrected chi connectivity index (χ1v) is 10.5. The number of rotatable bonds is 8. The molecule has 0 radical (unpaired) electrons. The maximum absolute atomic E-state index is 12.6. The van der Waals surface area contributed by atoms with Gasteiger partial charge in [-0.25, -0.2) is 9.59 Å². The molecule has 2 rings (SSSR count). The number of nitrogens with zero attached hydrogens (tertiary/aromatic N) is 1. The van der Waals surface area contributed by atoms with E-state index in [0.717, 1.165) is 12.8 Å². The molecule has 0 aromatic heterocycles. The van der Waals surface area contributed by atoms with Crippen LogP contribution in [0.3, 0.4) is 0 Å². The topological polar surface area (TPSA) is 126 Å². The van der Waals surface area contributed by atoms with Gasteiger partial charge in [-0.15, -0.1) is 0 Å². The number of ether oxygens (including phenoxy) is 2. The van der Waals surface area contributed by atoms with Gasteiger partial charge in [0.25, 0.3) is 0 Å². The van der Waals surface area contributed by atoms with E-state index in [1.807, 2.05) is 5.32 Å².